The van der Waals surface area contributed by atoms with E-state index in [1.807, 2.05) is 22.8 Å². The topological polar surface area (TPSA) is 69.9 Å². The van der Waals surface area contributed by atoms with E-state index in [-0.39, 0.29) is 5.91 Å². The van der Waals surface area contributed by atoms with Crippen LogP contribution in [0.15, 0.2) is 47.5 Å². The Balaban J connectivity index is 2.02. The number of benzene rings is 2. The average Bonchev–Trinajstić information content (AvgIpc) is 3.03. The second kappa shape index (κ2) is 8.18. The lowest BCUT2D eigenvalue weighted by molar-refractivity contribution is 0.0600. The van der Waals surface area contributed by atoms with Gasteiger partial charge in [-0.1, -0.05) is 18.3 Å². The van der Waals surface area contributed by atoms with Crippen LogP contribution in [-0.4, -0.2) is 30.7 Å². The number of thiazole rings is 1. The second-order valence-corrected chi connectivity index (χ2v) is 6.86. The van der Waals surface area contributed by atoms with Gasteiger partial charge in [-0.15, -0.1) is 0 Å². The maximum absolute atomic E-state index is 12.6. The van der Waals surface area contributed by atoms with E-state index in [4.69, 9.17) is 4.74 Å². The van der Waals surface area contributed by atoms with Crippen molar-refractivity contribution in [2.24, 2.45) is 4.99 Å². The van der Waals surface area contributed by atoms with Gasteiger partial charge in [0.2, 0.25) is 0 Å². The molecule has 0 aliphatic rings. The number of carbonyl (C=O) groups excluding carboxylic acids is 2. The van der Waals surface area contributed by atoms with E-state index in [1.54, 1.807) is 31.4 Å². The van der Waals surface area contributed by atoms with Crippen LogP contribution in [0.3, 0.4) is 0 Å². The van der Waals surface area contributed by atoms with E-state index in [0.717, 1.165) is 28.9 Å². The van der Waals surface area contributed by atoms with Crippen molar-refractivity contribution in [3.8, 4) is 5.75 Å². The monoisotopic (exact) mass is 384 g/mol. The number of amides is 1. The summed E-state index contributed by atoms with van der Waals surface area (Å²) >= 11 is 1.45. The predicted octanol–water partition coefficient (Wildman–Crippen LogP) is 3.65. The molecule has 0 bridgehead atoms. The molecule has 0 aliphatic carbocycles. The molecule has 0 radical (unpaired) electrons. The lowest BCUT2D eigenvalue weighted by atomic mass is 10.1. The highest BCUT2D eigenvalue weighted by atomic mass is 32.1. The second-order valence-electron chi connectivity index (χ2n) is 5.86. The van der Waals surface area contributed by atoms with Gasteiger partial charge in [-0.25, -0.2) is 4.79 Å². The van der Waals surface area contributed by atoms with Crippen LogP contribution in [0.2, 0.25) is 0 Å². The molecule has 0 fully saturated rings. The van der Waals surface area contributed by atoms with Gasteiger partial charge in [0.15, 0.2) is 4.80 Å². The first-order valence-corrected chi connectivity index (χ1v) is 9.33. The minimum Gasteiger partial charge on any atom is -0.497 e. The van der Waals surface area contributed by atoms with E-state index >= 15 is 0 Å². The number of aromatic nitrogens is 1. The highest BCUT2D eigenvalue weighted by molar-refractivity contribution is 7.16. The summed E-state index contributed by atoms with van der Waals surface area (Å²) in [6.07, 6.45) is 0.924. The first-order valence-electron chi connectivity index (χ1n) is 8.52. The molecule has 0 saturated carbocycles. The van der Waals surface area contributed by atoms with E-state index in [1.165, 1.54) is 18.4 Å². The molecule has 1 heterocycles. The summed E-state index contributed by atoms with van der Waals surface area (Å²) in [7, 11) is 2.95. The van der Waals surface area contributed by atoms with Crippen molar-refractivity contribution in [3.05, 3.63) is 58.4 Å². The van der Waals surface area contributed by atoms with Crippen LogP contribution in [0.1, 0.15) is 34.1 Å². The van der Waals surface area contributed by atoms with Gasteiger partial charge in [0.1, 0.15) is 5.75 Å². The molecular weight excluding hydrogens is 364 g/mol. The quantitative estimate of drug-likeness (QED) is 0.630. The number of esters is 1. The number of nitrogens with zero attached hydrogens (tertiary/aromatic N) is 2. The van der Waals surface area contributed by atoms with Gasteiger partial charge in [0.05, 0.1) is 30.0 Å². The number of fused-ring (bicyclic) bond motifs is 1. The van der Waals surface area contributed by atoms with Crippen LogP contribution in [-0.2, 0) is 11.3 Å². The van der Waals surface area contributed by atoms with E-state index in [0.29, 0.717) is 15.9 Å². The van der Waals surface area contributed by atoms with E-state index < -0.39 is 5.97 Å². The van der Waals surface area contributed by atoms with Crippen molar-refractivity contribution < 1.29 is 19.1 Å². The van der Waals surface area contributed by atoms with Gasteiger partial charge in [0.25, 0.3) is 5.91 Å². The Bertz CT molecular complexity index is 1050. The number of hydrogen-bond acceptors (Lipinski definition) is 5. The van der Waals surface area contributed by atoms with Crippen molar-refractivity contribution in [1.29, 1.82) is 0 Å². The summed E-state index contributed by atoms with van der Waals surface area (Å²) in [5.74, 6) is -0.0244. The van der Waals surface area contributed by atoms with Gasteiger partial charge in [-0.2, -0.15) is 4.99 Å². The molecule has 0 atom stereocenters. The Morgan fingerprint density at radius 1 is 1.07 bits per heavy atom. The SMILES string of the molecule is CCCn1c(=NC(=O)c2ccc(C(=O)OC)cc2)sc2cc(OC)ccc21. The Kier molecular flexibility index (Phi) is 5.71. The van der Waals surface area contributed by atoms with Gasteiger partial charge in [0, 0.05) is 12.1 Å². The Labute approximate surface area is 160 Å². The molecule has 3 rings (SSSR count). The number of ether oxygens (including phenoxy) is 2. The third-order valence-corrected chi connectivity index (χ3v) is 5.13. The molecule has 0 unspecified atom stereocenters. The minimum atomic E-state index is -0.440. The van der Waals surface area contributed by atoms with Crippen molar-refractivity contribution in [1.82, 2.24) is 4.57 Å². The average molecular weight is 384 g/mol. The fraction of sp³-hybridized carbons (Fsp3) is 0.250. The molecule has 0 spiro atoms. The summed E-state index contributed by atoms with van der Waals surface area (Å²) < 4.78 is 13.0. The summed E-state index contributed by atoms with van der Waals surface area (Å²) in [6, 6.07) is 12.1. The normalized spacial score (nSPS) is 11.6. The van der Waals surface area contributed by atoms with Gasteiger partial charge < -0.3 is 14.0 Å². The van der Waals surface area contributed by atoms with Crippen molar-refractivity contribution >= 4 is 33.4 Å². The van der Waals surface area contributed by atoms with Crippen molar-refractivity contribution in [2.45, 2.75) is 19.9 Å². The van der Waals surface area contributed by atoms with E-state index in [2.05, 4.69) is 16.7 Å². The number of hydrogen-bond donors (Lipinski definition) is 0. The van der Waals surface area contributed by atoms with Gasteiger partial charge in [-0.05, 0) is 48.9 Å². The molecule has 0 N–H and O–H groups in total. The fourth-order valence-electron chi connectivity index (χ4n) is 2.72. The zero-order valence-corrected chi connectivity index (χ0v) is 16.2. The number of aryl methyl sites for hydroxylation is 1. The summed E-state index contributed by atoms with van der Waals surface area (Å²) in [5.41, 5.74) is 1.83. The smallest absolute Gasteiger partial charge is 0.337 e. The standard InChI is InChI=1S/C20H20N2O4S/c1-4-11-22-16-10-9-15(25-2)12-17(16)27-20(22)21-18(23)13-5-7-14(8-6-13)19(24)26-3/h5-10,12H,4,11H2,1-3H3. The molecule has 3 aromatic rings. The maximum atomic E-state index is 12.6. The van der Waals surface area contributed by atoms with Crippen LogP contribution in [0.25, 0.3) is 10.2 Å². The van der Waals surface area contributed by atoms with Crippen LogP contribution < -0.4 is 9.54 Å². The molecule has 1 amide bonds. The van der Waals surface area contributed by atoms with Crippen LogP contribution in [0.5, 0.6) is 5.75 Å². The lowest BCUT2D eigenvalue weighted by Crippen LogP contribution is -2.16. The summed E-state index contributed by atoms with van der Waals surface area (Å²) in [4.78, 5) is 29.1. The number of rotatable bonds is 5. The van der Waals surface area contributed by atoms with Crippen LogP contribution >= 0.6 is 11.3 Å². The van der Waals surface area contributed by atoms with Crippen molar-refractivity contribution in [2.75, 3.05) is 14.2 Å². The summed E-state index contributed by atoms with van der Waals surface area (Å²) in [5, 5.41) is 0. The molecule has 0 aliphatic heterocycles. The molecule has 6 nitrogen and oxygen atoms in total. The number of carbonyl (C=O) groups is 2. The summed E-state index contributed by atoms with van der Waals surface area (Å²) in [6.45, 7) is 2.84. The Morgan fingerprint density at radius 3 is 2.41 bits per heavy atom. The Morgan fingerprint density at radius 2 is 1.78 bits per heavy atom. The molecule has 0 saturated heterocycles. The highest BCUT2D eigenvalue weighted by Crippen LogP contribution is 2.23. The van der Waals surface area contributed by atoms with Crippen molar-refractivity contribution in [3.63, 3.8) is 0 Å². The molecular formula is C20H20N2O4S. The third kappa shape index (κ3) is 3.93. The minimum absolute atomic E-state index is 0.352. The van der Waals surface area contributed by atoms with Crippen LogP contribution in [0.4, 0.5) is 0 Å². The third-order valence-electron chi connectivity index (χ3n) is 4.09. The molecule has 140 valence electrons. The highest BCUT2D eigenvalue weighted by Gasteiger charge is 2.11. The van der Waals surface area contributed by atoms with Gasteiger partial charge in [-0.3, -0.25) is 4.79 Å². The lowest BCUT2D eigenvalue weighted by Gasteiger charge is -2.04. The Hall–Kier alpha value is -2.93. The predicted molar refractivity (Wildman–Crippen MR) is 104 cm³/mol. The van der Waals surface area contributed by atoms with Gasteiger partial charge >= 0.3 is 5.97 Å². The molecule has 1 aromatic heterocycles. The molecule has 27 heavy (non-hydrogen) atoms. The maximum Gasteiger partial charge on any atom is 0.337 e. The van der Waals surface area contributed by atoms with Crippen LogP contribution in [0, 0.1) is 0 Å². The largest absolute Gasteiger partial charge is 0.497 e. The first-order chi connectivity index (χ1) is 13.1. The first kappa shape index (κ1) is 18.8. The molecule has 2 aromatic carbocycles. The number of methoxy groups -OCH3 is 2. The molecule has 7 heteroatoms. The zero-order valence-electron chi connectivity index (χ0n) is 15.4. The zero-order chi connectivity index (χ0) is 19.4. The fourth-order valence-corrected chi connectivity index (χ4v) is 3.81. The van der Waals surface area contributed by atoms with E-state index in [9.17, 15) is 9.59 Å².